The zero-order chi connectivity index (χ0) is 17.2. The first-order valence-corrected chi connectivity index (χ1v) is 8.45. The Hall–Kier alpha value is -1.97. The predicted molar refractivity (Wildman–Crippen MR) is 90.1 cm³/mol. The van der Waals surface area contributed by atoms with Crippen molar-refractivity contribution in [2.75, 3.05) is 6.61 Å². The van der Waals surface area contributed by atoms with E-state index < -0.39 is 0 Å². The Labute approximate surface area is 142 Å². The molecule has 0 bridgehead atoms. The molecule has 0 radical (unpaired) electrons. The average Bonchev–Trinajstić information content (AvgIpc) is 2.89. The van der Waals surface area contributed by atoms with E-state index in [-0.39, 0.29) is 17.5 Å². The Morgan fingerprint density at radius 2 is 2.25 bits per heavy atom. The van der Waals surface area contributed by atoms with E-state index in [9.17, 15) is 0 Å². The summed E-state index contributed by atoms with van der Waals surface area (Å²) in [6.45, 7) is 8.58. The molecule has 1 aliphatic rings. The van der Waals surface area contributed by atoms with Crippen molar-refractivity contribution in [3.05, 3.63) is 23.8 Å². The minimum atomic E-state index is -0.124. The molecule has 0 N–H and O–H groups in total. The van der Waals surface area contributed by atoms with Gasteiger partial charge in [-0.2, -0.15) is 5.26 Å². The second-order valence-electron chi connectivity index (χ2n) is 7.47. The second-order valence-corrected chi connectivity index (χ2v) is 7.47. The first-order chi connectivity index (χ1) is 11.5. The predicted octanol–water partition coefficient (Wildman–Crippen LogP) is 3.39. The number of nitriles is 1. The molecular weight excluding hydrogens is 304 g/mol. The van der Waals surface area contributed by atoms with E-state index in [0.29, 0.717) is 6.61 Å². The molecule has 6 nitrogen and oxygen atoms in total. The molecule has 0 amide bonds. The van der Waals surface area contributed by atoms with Crippen LogP contribution in [0.3, 0.4) is 0 Å². The highest BCUT2D eigenvalue weighted by molar-refractivity contribution is 5.76. The van der Waals surface area contributed by atoms with Gasteiger partial charge in [0.05, 0.1) is 6.61 Å². The Morgan fingerprint density at radius 1 is 1.42 bits per heavy atom. The molecule has 1 unspecified atom stereocenters. The molecule has 2 aromatic rings. The number of ether oxygens (including phenoxy) is 2. The maximum Gasteiger partial charge on any atom is 0.234 e. The number of hydrogen-bond acceptors (Lipinski definition) is 5. The molecule has 24 heavy (non-hydrogen) atoms. The first-order valence-electron chi connectivity index (χ1n) is 8.45. The third kappa shape index (κ3) is 3.92. The summed E-state index contributed by atoms with van der Waals surface area (Å²) in [5.41, 5.74) is 1.91. The summed E-state index contributed by atoms with van der Waals surface area (Å²) >= 11 is 0. The van der Waals surface area contributed by atoms with Crippen LogP contribution in [0.15, 0.2) is 12.3 Å². The van der Waals surface area contributed by atoms with Gasteiger partial charge >= 0.3 is 0 Å². The van der Waals surface area contributed by atoms with E-state index >= 15 is 0 Å². The Morgan fingerprint density at radius 3 is 2.92 bits per heavy atom. The molecule has 1 aliphatic heterocycles. The summed E-state index contributed by atoms with van der Waals surface area (Å²) in [4.78, 5) is 8.47. The lowest BCUT2D eigenvalue weighted by atomic mass is 9.97. The smallest absolute Gasteiger partial charge is 0.234 e. The third-order valence-electron chi connectivity index (χ3n) is 4.01. The molecule has 0 aliphatic carbocycles. The Bertz CT molecular complexity index is 749. The van der Waals surface area contributed by atoms with Gasteiger partial charge in [-0.1, -0.05) is 20.8 Å². The number of aromatic nitrogens is 3. The summed E-state index contributed by atoms with van der Waals surface area (Å²) < 4.78 is 13.7. The van der Waals surface area contributed by atoms with Gasteiger partial charge in [-0.25, -0.2) is 9.97 Å². The Balaban J connectivity index is 1.89. The minimum absolute atomic E-state index is 0.0831. The molecular formula is C18H24N4O2. The van der Waals surface area contributed by atoms with Crippen LogP contribution >= 0.6 is 0 Å². The van der Waals surface area contributed by atoms with Crippen molar-refractivity contribution in [1.29, 1.82) is 5.26 Å². The number of hydrogen-bond donors (Lipinski definition) is 0. The van der Waals surface area contributed by atoms with Gasteiger partial charge in [0, 0.05) is 30.4 Å². The van der Waals surface area contributed by atoms with Crippen LogP contribution in [0.1, 0.15) is 51.6 Å². The van der Waals surface area contributed by atoms with Crippen LogP contribution in [-0.2, 0) is 22.6 Å². The third-order valence-corrected chi connectivity index (χ3v) is 4.01. The monoisotopic (exact) mass is 328 g/mol. The van der Waals surface area contributed by atoms with Gasteiger partial charge < -0.3 is 14.0 Å². The van der Waals surface area contributed by atoms with Gasteiger partial charge in [0.15, 0.2) is 6.29 Å². The molecule has 3 rings (SSSR count). The number of rotatable bonds is 4. The van der Waals surface area contributed by atoms with Gasteiger partial charge in [-0.05, 0) is 30.7 Å². The minimum Gasteiger partial charge on any atom is -0.353 e. The maximum absolute atomic E-state index is 9.08. The van der Waals surface area contributed by atoms with Crippen LogP contribution < -0.4 is 0 Å². The van der Waals surface area contributed by atoms with Gasteiger partial charge in [0.25, 0.3) is 0 Å². The molecule has 3 heterocycles. The lowest BCUT2D eigenvalue weighted by molar-refractivity contribution is -0.169. The maximum atomic E-state index is 9.08. The van der Waals surface area contributed by atoms with E-state index in [1.165, 1.54) is 0 Å². The highest BCUT2D eigenvalue weighted by atomic mass is 16.7. The van der Waals surface area contributed by atoms with Crippen molar-refractivity contribution in [3.63, 3.8) is 0 Å². The molecule has 128 valence electrons. The normalized spacial score (nSPS) is 18.7. The quantitative estimate of drug-likeness (QED) is 0.860. The van der Waals surface area contributed by atoms with Crippen LogP contribution in [-0.4, -0.2) is 27.4 Å². The van der Waals surface area contributed by atoms with Crippen molar-refractivity contribution < 1.29 is 9.47 Å². The standard InChI is InChI=1S/C18H24N4O2/c1-18(2,3)12-22-14(11-24-16-6-4-5-7-23-16)8-13-10-20-15(9-19)21-17(13)22/h8,10,16H,4-7,11-12H2,1-3H3. The van der Waals surface area contributed by atoms with Crippen LogP contribution in [0.2, 0.25) is 0 Å². The summed E-state index contributed by atoms with van der Waals surface area (Å²) in [5, 5.41) is 10.0. The fraction of sp³-hybridized carbons (Fsp3) is 0.611. The molecule has 6 heteroatoms. The summed E-state index contributed by atoms with van der Waals surface area (Å²) in [6, 6.07) is 4.06. The molecule has 0 spiro atoms. The van der Waals surface area contributed by atoms with Crippen molar-refractivity contribution in [3.8, 4) is 6.07 Å². The summed E-state index contributed by atoms with van der Waals surface area (Å²) in [5.74, 6) is 0.193. The fourth-order valence-corrected chi connectivity index (χ4v) is 2.94. The van der Waals surface area contributed by atoms with Gasteiger partial charge in [0.1, 0.15) is 11.7 Å². The van der Waals surface area contributed by atoms with Crippen LogP contribution in [0.25, 0.3) is 11.0 Å². The Kier molecular flexibility index (Phi) is 4.83. The molecule has 0 saturated carbocycles. The molecule has 0 aromatic carbocycles. The van der Waals surface area contributed by atoms with Gasteiger partial charge in [-0.15, -0.1) is 0 Å². The number of nitrogens with zero attached hydrogens (tertiary/aromatic N) is 4. The van der Waals surface area contributed by atoms with Gasteiger partial charge in [-0.3, -0.25) is 0 Å². The van der Waals surface area contributed by atoms with E-state index in [2.05, 4.69) is 35.3 Å². The first kappa shape index (κ1) is 16.9. The molecule has 1 atom stereocenters. The topological polar surface area (TPSA) is 73.0 Å². The summed E-state index contributed by atoms with van der Waals surface area (Å²) in [7, 11) is 0. The zero-order valence-electron chi connectivity index (χ0n) is 14.6. The van der Waals surface area contributed by atoms with E-state index in [1.54, 1.807) is 6.20 Å². The van der Waals surface area contributed by atoms with Crippen molar-refractivity contribution in [2.45, 2.75) is 59.5 Å². The van der Waals surface area contributed by atoms with E-state index in [4.69, 9.17) is 14.7 Å². The zero-order valence-corrected chi connectivity index (χ0v) is 14.6. The molecule has 1 saturated heterocycles. The number of fused-ring (bicyclic) bond motifs is 1. The van der Waals surface area contributed by atoms with Crippen LogP contribution in [0.5, 0.6) is 0 Å². The van der Waals surface area contributed by atoms with Crippen LogP contribution in [0, 0.1) is 16.7 Å². The highest BCUT2D eigenvalue weighted by Crippen LogP contribution is 2.25. The summed E-state index contributed by atoms with van der Waals surface area (Å²) in [6.07, 6.45) is 4.78. The van der Waals surface area contributed by atoms with E-state index in [1.807, 2.05) is 12.1 Å². The van der Waals surface area contributed by atoms with E-state index in [0.717, 1.165) is 49.1 Å². The average molecular weight is 328 g/mol. The molecule has 1 fully saturated rings. The van der Waals surface area contributed by atoms with Gasteiger partial charge in [0.2, 0.25) is 5.82 Å². The second kappa shape index (κ2) is 6.88. The SMILES string of the molecule is CC(C)(C)Cn1c(COC2CCCCO2)cc2cnc(C#N)nc21. The van der Waals surface area contributed by atoms with Crippen molar-refractivity contribution in [2.24, 2.45) is 5.41 Å². The highest BCUT2D eigenvalue weighted by Gasteiger charge is 2.20. The van der Waals surface area contributed by atoms with Crippen molar-refractivity contribution in [1.82, 2.24) is 14.5 Å². The lowest BCUT2D eigenvalue weighted by Crippen LogP contribution is -2.23. The van der Waals surface area contributed by atoms with Crippen LogP contribution in [0.4, 0.5) is 0 Å². The largest absolute Gasteiger partial charge is 0.353 e. The fourth-order valence-electron chi connectivity index (χ4n) is 2.94. The van der Waals surface area contributed by atoms with Crippen molar-refractivity contribution >= 4 is 11.0 Å². The molecule has 2 aromatic heterocycles. The lowest BCUT2D eigenvalue weighted by Gasteiger charge is -2.24.